The number of aliphatic hydroxyl groups excluding tert-OH is 1. The molecule has 0 spiro atoms. The van der Waals surface area contributed by atoms with Crippen LogP contribution in [0.15, 0.2) is 23.3 Å². The Balaban J connectivity index is 2.18. The second kappa shape index (κ2) is 10.3. The minimum atomic E-state index is -0.734. The predicted octanol–water partition coefficient (Wildman–Crippen LogP) is 3.79. The predicted molar refractivity (Wildman–Crippen MR) is 86.7 cm³/mol. The van der Waals surface area contributed by atoms with Gasteiger partial charge in [-0.3, -0.25) is 9.59 Å². The Bertz CT molecular complexity index is 434. The highest BCUT2D eigenvalue weighted by molar-refractivity contribution is 6.01. The molecule has 124 valence electrons. The molecular formula is C18H28O4. The van der Waals surface area contributed by atoms with E-state index in [2.05, 4.69) is 6.92 Å². The molecule has 4 heteroatoms. The number of aliphatic hydroxyl groups is 1. The Morgan fingerprint density at radius 1 is 1.18 bits per heavy atom. The van der Waals surface area contributed by atoms with Crippen LogP contribution in [0.25, 0.3) is 0 Å². The maximum Gasteiger partial charge on any atom is 0.303 e. The van der Waals surface area contributed by atoms with Crippen LogP contribution in [0.4, 0.5) is 0 Å². The Labute approximate surface area is 132 Å². The van der Waals surface area contributed by atoms with Crippen LogP contribution in [0.2, 0.25) is 0 Å². The van der Waals surface area contributed by atoms with E-state index >= 15 is 0 Å². The maximum absolute atomic E-state index is 11.7. The average Bonchev–Trinajstić information content (AvgIpc) is 2.84. The highest BCUT2D eigenvalue weighted by Crippen LogP contribution is 2.26. The van der Waals surface area contributed by atoms with Gasteiger partial charge in [-0.25, -0.2) is 0 Å². The van der Waals surface area contributed by atoms with Crippen molar-refractivity contribution in [1.29, 1.82) is 0 Å². The summed E-state index contributed by atoms with van der Waals surface area (Å²) in [6, 6.07) is 0. The summed E-state index contributed by atoms with van der Waals surface area (Å²) >= 11 is 0. The van der Waals surface area contributed by atoms with E-state index in [-0.39, 0.29) is 12.2 Å². The third-order valence-electron chi connectivity index (χ3n) is 4.14. The fraction of sp³-hybridized carbons (Fsp3) is 0.667. The van der Waals surface area contributed by atoms with Gasteiger partial charge in [0.25, 0.3) is 0 Å². The number of ketones is 1. The normalized spacial score (nSPS) is 16.7. The molecule has 1 aliphatic carbocycles. The van der Waals surface area contributed by atoms with Gasteiger partial charge in [0.2, 0.25) is 0 Å². The molecule has 0 unspecified atom stereocenters. The van der Waals surface area contributed by atoms with Crippen molar-refractivity contribution in [3.8, 4) is 0 Å². The van der Waals surface area contributed by atoms with Gasteiger partial charge in [0.05, 0.1) is 6.10 Å². The Morgan fingerprint density at radius 3 is 2.55 bits per heavy atom. The number of carboxylic acid groups (broad SMARTS) is 1. The number of hydrogen-bond acceptors (Lipinski definition) is 3. The fourth-order valence-electron chi connectivity index (χ4n) is 2.77. The number of carbonyl (C=O) groups is 2. The van der Waals surface area contributed by atoms with Crippen molar-refractivity contribution in [2.45, 2.75) is 77.2 Å². The number of carboxylic acids is 1. The lowest BCUT2D eigenvalue weighted by Crippen LogP contribution is -2.03. The highest BCUT2D eigenvalue weighted by Gasteiger charge is 2.19. The number of unbranched alkanes of at least 4 members (excludes halogenated alkanes) is 4. The molecule has 0 amide bonds. The van der Waals surface area contributed by atoms with E-state index < -0.39 is 12.1 Å². The molecule has 0 saturated heterocycles. The van der Waals surface area contributed by atoms with Gasteiger partial charge in [-0.05, 0) is 25.7 Å². The van der Waals surface area contributed by atoms with Crippen LogP contribution >= 0.6 is 0 Å². The molecule has 0 heterocycles. The van der Waals surface area contributed by atoms with E-state index in [0.717, 1.165) is 50.5 Å². The molecule has 22 heavy (non-hydrogen) atoms. The zero-order chi connectivity index (χ0) is 16.4. The standard InChI is InChI=1S/C18H28O4/c1-2-14-10-13-17(20)16(14)12-11-15(19)8-6-4-3-5-7-9-18(21)22/h11-12,15,19H,2-10,13H2,1H3,(H,21,22)/b12-11+/t15-/m1/s1. The topological polar surface area (TPSA) is 74.6 Å². The summed E-state index contributed by atoms with van der Waals surface area (Å²) in [5, 5.41) is 18.5. The van der Waals surface area contributed by atoms with Crippen LogP contribution in [0.3, 0.4) is 0 Å². The van der Waals surface area contributed by atoms with Crippen LogP contribution in [0.1, 0.15) is 71.1 Å². The van der Waals surface area contributed by atoms with E-state index in [9.17, 15) is 14.7 Å². The van der Waals surface area contributed by atoms with Crippen molar-refractivity contribution in [3.63, 3.8) is 0 Å². The van der Waals surface area contributed by atoms with Crippen LogP contribution < -0.4 is 0 Å². The number of hydrogen-bond donors (Lipinski definition) is 2. The third-order valence-corrected chi connectivity index (χ3v) is 4.14. The van der Waals surface area contributed by atoms with Crippen molar-refractivity contribution in [2.24, 2.45) is 0 Å². The van der Waals surface area contributed by atoms with Gasteiger partial charge < -0.3 is 10.2 Å². The van der Waals surface area contributed by atoms with E-state index in [4.69, 9.17) is 5.11 Å². The molecule has 0 radical (unpaired) electrons. The first-order chi connectivity index (χ1) is 10.5. The van der Waals surface area contributed by atoms with Gasteiger partial charge in [0.1, 0.15) is 0 Å². The van der Waals surface area contributed by atoms with Crippen molar-refractivity contribution in [3.05, 3.63) is 23.3 Å². The zero-order valence-electron chi connectivity index (χ0n) is 13.5. The molecular weight excluding hydrogens is 280 g/mol. The first-order valence-corrected chi connectivity index (χ1v) is 8.37. The summed E-state index contributed by atoms with van der Waals surface area (Å²) in [6.07, 6.45) is 10.9. The monoisotopic (exact) mass is 308 g/mol. The number of aliphatic carboxylic acids is 1. The lowest BCUT2D eigenvalue weighted by atomic mass is 10.0. The van der Waals surface area contributed by atoms with E-state index in [1.165, 1.54) is 5.57 Å². The molecule has 0 aliphatic heterocycles. The first kappa shape index (κ1) is 18.6. The van der Waals surface area contributed by atoms with Crippen molar-refractivity contribution in [2.75, 3.05) is 0 Å². The smallest absolute Gasteiger partial charge is 0.303 e. The summed E-state index contributed by atoms with van der Waals surface area (Å²) in [5.41, 5.74) is 2.00. The fourth-order valence-corrected chi connectivity index (χ4v) is 2.77. The van der Waals surface area contributed by atoms with Gasteiger partial charge >= 0.3 is 5.97 Å². The largest absolute Gasteiger partial charge is 0.481 e. The van der Waals surface area contributed by atoms with Crippen molar-refractivity contribution < 1.29 is 19.8 Å². The van der Waals surface area contributed by atoms with Crippen molar-refractivity contribution >= 4 is 11.8 Å². The molecule has 0 aromatic heterocycles. The van der Waals surface area contributed by atoms with Gasteiger partial charge in [-0.15, -0.1) is 0 Å². The number of Topliss-reactive ketones (excluding diaryl/α,β-unsaturated/α-hetero) is 1. The third kappa shape index (κ3) is 7.03. The minimum absolute atomic E-state index is 0.193. The first-order valence-electron chi connectivity index (χ1n) is 8.37. The quantitative estimate of drug-likeness (QED) is 0.569. The summed E-state index contributed by atoms with van der Waals surface area (Å²) in [4.78, 5) is 22.1. The van der Waals surface area contributed by atoms with Crippen molar-refractivity contribution in [1.82, 2.24) is 0 Å². The molecule has 1 rings (SSSR count). The summed E-state index contributed by atoms with van der Waals surface area (Å²) in [5.74, 6) is -0.540. The van der Waals surface area contributed by atoms with Gasteiger partial charge in [-0.2, -0.15) is 0 Å². The molecule has 4 nitrogen and oxygen atoms in total. The van der Waals surface area contributed by atoms with Crippen LogP contribution in [0.5, 0.6) is 0 Å². The van der Waals surface area contributed by atoms with E-state index in [1.807, 2.05) is 0 Å². The molecule has 0 aromatic rings. The van der Waals surface area contributed by atoms with Gasteiger partial charge in [0, 0.05) is 18.4 Å². The zero-order valence-corrected chi connectivity index (χ0v) is 13.5. The van der Waals surface area contributed by atoms with Crippen LogP contribution in [-0.4, -0.2) is 28.1 Å². The second-order valence-electron chi connectivity index (χ2n) is 5.92. The Hall–Kier alpha value is -1.42. The van der Waals surface area contributed by atoms with Crippen LogP contribution in [0, 0.1) is 0 Å². The lowest BCUT2D eigenvalue weighted by molar-refractivity contribution is -0.137. The molecule has 0 aromatic carbocycles. The van der Waals surface area contributed by atoms with E-state index in [0.29, 0.717) is 12.8 Å². The SMILES string of the molecule is CCC1=C(/C=C/[C@H](O)CCCCCCCC(=O)O)C(=O)CC1. The Kier molecular flexibility index (Phi) is 8.75. The summed E-state index contributed by atoms with van der Waals surface area (Å²) in [7, 11) is 0. The van der Waals surface area contributed by atoms with Gasteiger partial charge in [0.15, 0.2) is 5.78 Å². The second-order valence-corrected chi connectivity index (χ2v) is 5.92. The number of rotatable bonds is 11. The minimum Gasteiger partial charge on any atom is -0.481 e. The molecule has 0 bridgehead atoms. The molecule has 2 N–H and O–H groups in total. The summed E-state index contributed by atoms with van der Waals surface area (Å²) < 4.78 is 0. The number of carbonyl (C=O) groups excluding carboxylic acids is 1. The molecule has 1 aliphatic rings. The molecule has 0 fully saturated rings. The Morgan fingerprint density at radius 2 is 1.86 bits per heavy atom. The van der Waals surface area contributed by atoms with Gasteiger partial charge in [-0.1, -0.05) is 50.3 Å². The van der Waals surface area contributed by atoms with Crippen LogP contribution in [-0.2, 0) is 9.59 Å². The highest BCUT2D eigenvalue weighted by atomic mass is 16.4. The maximum atomic E-state index is 11.7. The lowest BCUT2D eigenvalue weighted by Gasteiger charge is -2.06. The average molecular weight is 308 g/mol. The molecule has 0 saturated carbocycles. The number of allylic oxidation sites excluding steroid dienone is 3. The molecule has 1 atom stereocenters. The summed E-state index contributed by atoms with van der Waals surface area (Å²) in [6.45, 7) is 2.06. The van der Waals surface area contributed by atoms with E-state index in [1.54, 1.807) is 12.2 Å².